The summed E-state index contributed by atoms with van der Waals surface area (Å²) in [5.74, 6) is 0.437. The molecule has 7 heteroatoms. The molecular formula is C15H23IN4O2. The van der Waals surface area contributed by atoms with Crippen LogP contribution in [0.4, 0.5) is 0 Å². The minimum atomic E-state index is -0.333. The number of rotatable bonds is 5. The highest BCUT2D eigenvalue weighted by molar-refractivity contribution is 14.0. The van der Waals surface area contributed by atoms with Crippen molar-refractivity contribution < 1.29 is 9.53 Å². The minimum Gasteiger partial charge on any atom is -0.465 e. The van der Waals surface area contributed by atoms with E-state index >= 15 is 0 Å². The monoisotopic (exact) mass is 418 g/mol. The Bertz CT molecular complexity index is 556. The maximum atomic E-state index is 11.7. The first-order valence-corrected chi connectivity index (χ1v) is 7.16. The van der Waals surface area contributed by atoms with Crippen LogP contribution >= 0.6 is 24.0 Å². The molecule has 1 aliphatic rings. The third-order valence-electron chi connectivity index (χ3n) is 3.20. The van der Waals surface area contributed by atoms with Crippen molar-refractivity contribution in [3.63, 3.8) is 0 Å². The summed E-state index contributed by atoms with van der Waals surface area (Å²) in [5.41, 5.74) is 7.95. The number of hydrogen-bond acceptors (Lipinski definition) is 4. The normalized spacial score (nSPS) is 14.5. The van der Waals surface area contributed by atoms with Gasteiger partial charge in [-0.25, -0.2) is 9.79 Å². The Hall–Kier alpha value is -1.38. The van der Waals surface area contributed by atoms with Crippen molar-refractivity contribution in [1.82, 2.24) is 10.3 Å². The highest BCUT2D eigenvalue weighted by atomic mass is 127. The number of guanidine groups is 1. The molecule has 1 aromatic heterocycles. The number of hydrogen-bond donors (Lipinski definition) is 2. The number of aliphatic imine (C=N–C) groups is 1. The average Bonchev–Trinajstić information content (AvgIpc) is 3.28. The number of carbonyl (C=O) groups is 1. The molecule has 0 unspecified atom stereocenters. The molecule has 1 heterocycles. The van der Waals surface area contributed by atoms with Gasteiger partial charge in [0.25, 0.3) is 0 Å². The molecule has 1 saturated carbocycles. The molecule has 0 spiro atoms. The molecule has 3 N–H and O–H groups in total. The van der Waals surface area contributed by atoms with E-state index in [-0.39, 0.29) is 36.0 Å². The van der Waals surface area contributed by atoms with Gasteiger partial charge in [-0.1, -0.05) is 0 Å². The number of esters is 1. The third kappa shape index (κ3) is 5.11. The maximum absolute atomic E-state index is 11.7. The Balaban J connectivity index is 0.00000242. The molecular weight excluding hydrogens is 395 g/mol. The van der Waals surface area contributed by atoms with Crippen molar-refractivity contribution in [1.29, 1.82) is 0 Å². The zero-order valence-corrected chi connectivity index (χ0v) is 15.5. The minimum absolute atomic E-state index is 0. The molecule has 6 nitrogen and oxygen atoms in total. The highest BCUT2D eigenvalue weighted by Crippen LogP contribution is 2.40. The van der Waals surface area contributed by atoms with Crippen LogP contribution in [0.15, 0.2) is 17.1 Å². The first kappa shape index (κ1) is 18.7. The predicted octanol–water partition coefficient (Wildman–Crippen LogP) is 2.18. The summed E-state index contributed by atoms with van der Waals surface area (Å²) in [4.78, 5) is 20.6. The molecule has 22 heavy (non-hydrogen) atoms. The molecule has 1 fully saturated rings. The quantitative estimate of drug-likeness (QED) is 0.331. The fourth-order valence-corrected chi connectivity index (χ4v) is 2.06. The summed E-state index contributed by atoms with van der Waals surface area (Å²) in [6.45, 7) is 4.39. The van der Waals surface area contributed by atoms with E-state index in [1.807, 2.05) is 13.8 Å². The van der Waals surface area contributed by atoms with Gasteiger partial charge in [-0.2, -0.15) is 0 Å². The number of nitrogens with one attached hydrogen (secondary N) is 1. The smallest absolute Gasteiger partial charge is 0.339 e. The molecule has 0 atom stereocenters. The lowest BCUT2D eigenvalue weighted by molar-refractivity contribution is 0.0598. The molecule has 0 radical (unpaired) electrons. The summed E-state index contributed by atoms with van der Waals surface area (Å²) in [5, 5.41) is 3.03. The van der Waals surface area contributed by atoms with Crippen LogP contribution in [0.3, 0.4) is 0 Å². The zero-order valence-electron chi connectivity index (χ0n) is 13.1. The van der Waals surface area contributed by atoms with E-state index in [0.717, 1.165) is 24.2 Å². The van der Waals surface area contributed by atoms with Crippen LogP contribution in [0.5, 0.6) is 0 Å². The lowest BCUT2D eigenvalue weighted by Crippen LogP contribution is -2.36. The number of carbonyl (C=O) groups excluding carboxylic acids is 1. The van der Waals surface area contributed by atoms with E-state index in [1.165, 1.54) is 7.11 Å². The van der Waals surface area contributed by atoms with Crippen LogP contribution in [-0.2, 0) is 11.3 Å². The molecule has 0 aliphatic heterocycles. The van der Waals surface area contributed by atoms with Crippen LogP contribution in [0.2, 0.25) is 0 Å². The van der Waals surface area contributed by atoms with Gasteiger partial charge >= 0.3 is 5.97 Å². The second-order valence-electron chi connectivity index (χ2n) is 5.50. The Morgan fingerprint density at radius 1 is 1.50 bits per heavy atom. The van der Waals surface area contributed by atoms with E-state index in [2.05, 4.69) is 15.3 Å². The molecule has 0 amide bonds. The second-order valence-corrected chi connectivity index (χ2v) is 5.50. The molecule has 2 rings (SSSR count). The van der Waals surface area contributed by atoms with Gasteiger partial charge in [0, 0.05) is 12.0 Å². The summed E-state index contributed by atoms with van der Waals surface area (Å²) >= 11 is 0. The summed E-state index contributed by atoms with van der Waals surface area (Å²) < 4.78 is 4.80. The summed E-state index contributed by atoms with van der Waals surface area (Å²) in [7, 11) is 1.38. The number of pyridine rings is 1. The van der Waals surface area contributed by atoms with Crippen molar-refractivity contribution in [2.45, 2.75) is 45.2 Å². The van der Waals surface area contributed by atoms with Crippen molar-refractivity contribution in [3.05, 3.63) is 29.1 Å². The van der Waals surface area contributed by atoms with Crippen LogP contribution in [0.1, 0.15) is 54.4 Å². The molecule has 122 valence electrons. The first-order chi connectivity index (χ1) is 10.0. The van der Waals surface area contributed by atoms with Gasteiger partial charge in [0.05, 0.1) is 30.6 Å². The largest absolute Gasteiger partial charge is 0.465 e. The molecule has 1 aliphatic carbocycles. The number of aromatic nitrogens is 1. The number of methoxy groups -OCH3 is 1. The summed E-state index contributed by atoms with van der Waals surface area (Å²) in [6.07, 6.45) is 2.14. The van der Waals surface area contributed by atoms with Gasteiger partial charge in [0.2, 0.25) is 0 Å². The van der Waals surface area contributed by atoms with E-state index < -0.39 is 0 Å². The number of nitrogens with two attached hydrogens (primary N) is 1. The SMILES string of the molecule is COC(=O)c1ccc(CN=C(N)NC(C)C)nc1C1CC1.I. The van der Waals surface area contributed by atoms with Gasteiger partial charge in [-0.3, -0.25) is 4.98 Å². The van der Waals surface area contributed by atoms with Crippen LogP contribution in [-0.4, -0.2) is 30.1 Å². The lowest BCUT2D eigenvalue weighted by atomic mass is 10.1. The molecule has 0 saturated heterocycles. The Morgan fingerprint density at radius 3 is 2.73 bits per heavy atom. The average molecular weight is 418 g/mol. The van der Waals surface area contributed by atoms with Gasteiger partial charge in [0.1, 0.15) is 0 Å². The van der Waals surface area contributed by atoms with Gasteiger partial charge in [-0.15, -0.1) is 24.0 Å². The first-order valence-electron chi connectivity index (χ1n) is 7.16. The Morgan fingerprint density at radius 2 is 2.18 bits per heavy atom. The predicted molar refractivity (Wildman–Crippen MR) is 96.6 cm³/mol. The van der Waals surface area contributed by atoms with Crippen LogP contribution < -0.4 is 11.1 Å². The Kier molecular flexibility index (Phi) is 7.05. The van der Waals surface area contributed by atoms with E-state index in [4.69, 9.17) is 10.5 Å². The highest BCUT2D eigenvalue weighted by Gasteiger charge is 2.30. The van der Waals surface area contributed by atoms with Gasteiger partial charge in [0.15, 0.2) is 5.96 Å². The number of ether oxygens (including phenoxy) is 1. The third-order valence-corrected chi connectivity index (χ3v) is 3.20. The van der Waals surface area contributed by atoms with Gasteiger partial charge in [-0.05, 0) is 38.8 Å². The van der Waals surface area contributed by atoms with Crippen molar-refractivity contribution >= 4 is 35.9 Å². The Labute approximate surface area is 147 Å². The summed E-state index contributed by atoms with van der Waals surface area (Å²) in [6, 6.07) is 3.80. The van der Waals surface area contributed by atoms with Gasteiger partial charge < -0.3 is 15.8 Å². The van der Waals surface area contributed by atoms with E-state index in [1.54, 1.807) is 12.1 Å². The lowest BCUT2D eigenvalue weighted by Gasteiger charge is -2.10. The van der Waals surface area contributed by atoms with Crippen LogP contribution in [0, 0.1) is 0 Å². The van der Waals surface area contributed by atoms with Crippen molar-refractivity contribution in [3.8, 4) is 0 Å². The molecule has 0 bridgehead atoms. The number of halogens is 1. The number of nitrogens with zero attached hydrogens (tertiary/aromatic N) is 2. The fraction of sp³-hybridized carbons (Fsp3) is 0.533. The topological polar surface area (TPSA) is 89.6 Å². The van der Waals surface area contributed by atoms with E-state index in [0.29, 0.717) is 24.0 Å². The molecule has 0 aromatic carbocycles. The van der Waals surface area contributed by atoms with Crippen molar-refractivity contribution in [2.75, 3.05) is 7.11 Å². The van der Waals surface area contributed by atoms with Crippen LogP contribution in [0.25, 0.3) is 0 Å². The zero-order chi connectivity index (χ0) is 15.4. The fourth-order valence-electron chi connectivity index (χ4n) is 2.06. The maximum Gasteiger partial charge on any atom is 0.339 e. The van der Waals surface area contributed by atoms with E-state index in [9.17, 15) is 4.79 Å². The molecule has 1 aromatic rings. The standard InChI is InChI=1S/C15H22N4O2.HI/c1-9(2)18-15(16)17-8-11-6-7-12(14(20)21-3)13(19-11)10-4-5-10;/h6-7,9-10H,4-5,8H2,1-3H3,(H3,16,17,18);1H. The van der Waals surface area contributed by atoms with Crippen molar-refractivity contribution in [2.24, 2.45) is 10.7 Å². The second kappa shape index (κ2) is 8.30.